The molecule has 2 N–H and O–H groups in total. The van der Waals surface area contributed by atoms with Gasteiger partial charge < -0.3 is 20.1 Å². The van der Waals surface area contributed by atoms with Gasteiger partial charge in [0.05, 0.1) is 18.5 Å². The number of amides is 1. The minimum atomic E-state index is -0.417. The number of imidazole rings is 1. The van der Waals surface area contributed by atoms with Crippen molar-refractivity contribution in [3.8, 4) is 28.6 Å². The molecule has 6 rings (SSSR count). The number of carbonyl (C=O) groups is 1. The lowest BCUT2D eigenvalue weighted by molar-refractivity contribution is -0.113. The maximum atomic E-state index is 14.1. The summed E-state index contributed by atoms with van der Waals surface area (Å²) in [5.41, 5.74) is 8.11. The molecule has 0 saturated heterocycles. The summed E-state index contributed by atoms with van der Waals surface area (Å²) in [5, 5.41) is 0. The Labute approximate surface area is 254 Å². The number of para-hydroxylation sites is 1. The molecule has 1 amide bonds. The third-order valence-corrected chi connectivity index (χ3v) is 7.63. The first-order valence-corrected chi connectivity index (χ1v) is 14.2. The Kier molecular flexibility index (Phi) is 7.86. The number of hydrogen-bond acceptors (Lipinski definition) is 8. The number of aromatic nitrogens is 4. The van der Waals surface area contributed by atoms with Crippen molar-refractivity contribution in [2.75, 3.05) is 38.4 Å². The summed E-state index contributed by atoms with van der Waals surface area (Å²) >= 11 is 0. The van der Waals surface area contributed by atoms with Gasteiger partial charge in [0.2, 0.25) is 5.91 Å². The number of anilines is 2. The zero-order valence-electron chi connectivity index (χ0n) is 24.8. The van der Waals surface area contributed by atoms with Gasteiger partial charge in [0.1, 0.15) is 29.1 Å². The standard InChI is InChI=1S/C33H33N7O4/c1-37(22-11-12-22)17-7-10-29(41)38(2)24-18-25(20-28(19-24)43-3)40-32-30(31(34)35-21-36-32)39(33(40)42)23-13-15-27(16-14-23)44-26-8-5-4-6-9-26/h4-10,13-16,18-22H,11-12,17H2,1-3H3,(H2,34,35,36)/b10-7+. The molecule has 0 bridgehead atoms. The average molecular weight is 592 g/mol. The molecule has 2 aromatic heterocycles. The van der Waals surface area contributed by atoms with Crippen molar-refractivity contribution in [1.29, 1.82) is 0 Å². The van der Waals surface area contributed by atoms with E-state index in [0.29, 0.717) is 58.1 Å². The van der Waals surface area contributed by atoms with E-state index in [1.807, 2.05) is 36.4 Å². The first-order valence-electron chi connectivity index (χ1n) is 14.2. The molecule has 0 spiro atoms. The second-order valence-electron chi connectivity index (χ2n) is 10.7. The zero-order valence-corrected chi connectivity index (χ0v) is 24.8. The molecule has 2 heterocycles. The molecule has 5 aromatic rings. The Balaban J connectivity index is 1.37. The van der Waals surface area contributed by atoms with Crippen molar-refractivity contribution < 1.29 is 14.3 Å². The number of nitrogen functional groups attached to an aromatic ring is 1. The number of rotatable bonds is 10. The molecule has 11 nitrogen and oxygen atoms in total. The lowest BCUT2D eigenvalue weighted by Crippen LogP contribution is -2.26. The van der Waals surface area contributed by atoms with E-state index >= 15 is 0 Å². The quantitative estimate of drug-likeness (QED) is 0.235. The van der Waals surface area contributed by atoms with Crippen LogP contribution in [0.2, 0.25) is 0 Å². The van der Waals surface area contributed by atoms with Crippen molar-refractivity contribution in [1.82, 2.24) is 24.0 Å². The Morgan fingerprint density at radius 1 is 0.955 bits per heavy atom. The number of carbonyl (C=O) groups excluding carboxylic acids is 1. The second-order valence-corrected chi connectivity index (χ2v) is 10.7. The van der Waals surface area contributed by atoms with Gasteiger partial charge in [-0.15, -0.1) is 0 Å². The number of nitrogens with two attached hydrogens (primary N) is 1. The molecule has 11 heteroatoms. The number of ether oxygens (including phenoxy) is 2. The predicted molar refractivity (Wildman–Crippen MR) is 170 cm³/mol. The summed E-state index contributed by atoms with van der Waals surface area (Å²) in [5.74, 6) is 1.72. The molecule has 1 aliphatic rings. The van der Waals surface area contributed by atoms with E-state index in [1.54, 1.807) is 55.6 Å². The molecule has 1 saturated carbocycles. The van der Waals surface area contributed by atoms with Crippen LogP contribution in [0.3, 0.4) is 0 Å². The summed E-state index contributed by atoms with van der Waals surface area (Å²) in [6.45, 7) is 0.697. The van der Waals surface area contributed by atoms with Crippen LogP contribution < -0.4 is 25.8 Å². The van der Waals surface area contributed by atoms with Crippen LogP contribution in [0.15, 0.2) is 96.1 Å². The SMILES string of the molecule is COc1cc(N(C)C(=O)/C=C/CN(C)C2CC2)cc(-n2c(=O)n(-c3ccc(Oc4ccccc4)cc3)c3c(N)ncnc32)c1. The molecule has 44 heavy (non-hydrogen) atoms. The van der Waals surface area contributed by atoms with Gasteiger partial charge in [-0.3, -0.25) is 14.3 Å². The third kappa shape index (κ3) is 5.77. The number of hydrogen-bond donors (Lipinski definition) is 1. The summed E-state index contributed by atoms with van der Waals surface area (Å²) in [4.78, 5) is 39.5. The first-order chi connectivity index (χ1) is 21.3. The Hall–Kier alpha value is -5.42. The minimum absolute atomic E-state index is 0.146. The zero-order chi connectivity index (χ0) is 30.8. The maximum absolute atomic E-state index is 14.1. The van der Waals surface area contributed by atoms with E-state index in [9.17, 15) is 9.59 Å². The van der Waals surface area contributed by atoms with Crippen LogP contribution in [0.4, 0.5) is 11.5 Å². The normalized spacial score (nSPS) is 13.1. The number of likely N-dealkylation sites (N-methyl/N-ethyl adjacent to an activating group) is 2. The van der Waals surface area contributed by atoms with Gasteiger partial charge in [-0.2, -0.15) is 0 Å². The average Bonchev–Trinajstić information content (AvgIpc) is 3.85. The Bertz CT molecular complexity index is 1890. The van der Waals surface area contributed by atoms with Gasteiger partial charge in [-0.05, 0) is 62.4 Å². The van der Waals surface area contributed by atoms with Crippen LogP contribution in [0.5, 0.6) is 17.2 Å². The van der Waals surface area contributed by atoms with Crippen molar-refractivity contribution in [2.45, 2.75) is 18.9 Å². The number of benzene rings is 3. The molecular formula is C33H33N7O4. The number of nitrogens with zero attached hydrogens (tertiary/aromatic N) is 6. The highest BCUT2D eigenvalue weighted by Crippen LogP contribution is 2.30. The van der Waals surface area contributed by atoms with Crippen LogP contribution in [0.1, 0.15) is 12.8 Å². The monoisotopic (exact) mass is 591 g/mol. The molecule has 1 aliphatic carbocycles. The van der Waals surface area contributed by atoms with Crippen LogP contribution in [-0.2, 0) is 4.79 Å². The molecule has 224 valence electrons. The van der Waals surface area contributed by atoms with Gasteiger partial charge in [-0.1, -0.05) is 24.3 Å². The topological polar surface area (TPSA) is 121 Å². The highest BCUT2D eigenvalue weighted by molar-refractivity contribution is 6.01. The Morgan fingerprint density at radius 2 is 1.68 bits per heavy atom. The van der Waals surface area contributed by atoms with Gasteiger partial charge in [0.25, 0.3) is 0 Å². The molecular weight excluding hydrogens is 558 g/mol. The van der Waals surface area contributed by atoms with E-state index in [1.165, 1.54) is 40.3 Å². The van der Waals surface area contributed by atoms with Gasteiger partial charge in [0, 0.05) is 43.5 Å². The van der Waals surface area contributed by atoms with E-state index in [2.05, 4.69) is 21.9 Å². The van der Waals surface area contributed by atoms with E-state index in [4.69, 9.17) is 15.2 Å². The van der Waals surface area contributed by atoms with Gasteiger partial charge in [-0.25, -0.2) is 19.3 Å². The molecule has 0 radical (unpaired) electrons. The van der Waals surface area contributed by atoms with E-state index in [0.717, 1.165) is 0 Å². The van der Waals surface area contributed by atoms with E-state index < -0.39 is 5.69 Å². The van der Waals surface area contributed by atoms with E-state index in [-0.39, 0.29) is 11.7 Å². The van der Waals surface area contributed by atoms with Crippen molar-refractivity contribution in [3.63, 3.8) is 0 Å². The fourth-order valence-electron chi connectivity index (χ4n) is 5.04. The van der Waals surface area contributed by atoms with Crippen LogP contribution in [0.25, 0.3) is 22.5 Å². The van der Waals surface area contributed by atoms with Gasteiger partial charge >= 0.3 is 5.69 Å². The van der Waals surface area contributed by atoms with Crippen molar-refractivity contribution in [3.05, 3.63) is 102 Å². The van der Waals surface area contributed by atoms with Crippen LogP contribution in [-0.4, -0.2) is 63.7 Å². The maximum Gasteiger partial charge on any atom is 0.339 e. The van der Waals surface area contributed by atoms with Crippen molar-refractivity contribution >= 4 is 28.6 Å². The smallest absolute Gasteiger partial charge is 0.339 e. The summed E-state index contributed by atoms with van der Waals surface area (Å²) in [6, 6.07) is 22.3. The molecule has 0 aliphatic heterocycles. The lowest BCUT2D eigenvalue weighted by Gasteiger charge is -2.18. The fourth-order valence-corrected chi connectivity index (χ4v) is 5.04. The molecule has 3 aromatic carbocycles. The second kappa shape index (κ2) is 12.1. The minimum Gasteiger partial charge on any atom is -0.497 e. The number of fused-ring (bicyclic) bond motifs is 1. The molecule has 0 unspecified atom stereocenters. The van der Waals surface area contributed by atoms with Crippen LogP contribution in [0, 0.1) is 0 Å². The first kappa shape index (κ1) is 28.7. The third-order valence-electron chi connectivity index (χ3n) is 7.63. The van der Waals surface area contributed by atoms with Gasteiger partial charge in [0.15, 0.2) is 11.5 Å². The molecule has 1 fully saturated rings. The summed E-state index contributed by atoms with van der Waals surface area (Å²) < 4.78 is 14.4. The highest BCUT2D eigenvalue weighted by Gasteiger charge is 2.25. The fraction of sp³-hybridized carbons (Fsp3) is 0.212. The predicted octanol–water partition coefficient (Wildman–Crippen LogP) is 4.57. The Morgan fingerprint density at radius 3 is 2.39 bits per heavy atom. The number of methoxy groups -OCH3 is 1. The van der Waals surface area contributed by atoms with Crippen molar-refractivity contribution in [2.24, 2.45) is 0 Å². The largest absolute Gasteiger partial charge is 0.497 e. The highest BCUT2D eigenvalue weighted by atomic mass is 16.5. The summed E-state index contributed by atoms with van der Waals surface area (Å²) in [7, 11) is 5.27. The van der Waals surface area contributed by atoms with Crippen LogP contribution >= 0.6 is 0 Å². The molecule has 0 atom stereocenters. The lowest BCUT2D eigenvalue weighted by atomic mass is 10.2. The summed E-state index contributed by atoms with van der Waals surface area (Å²) in [6.07, 6.45) is 7.15.